The summed E-state index contributed by atoms with van der Waals surface area (Å²) in [5.41, 5.74) is 1.83. The molecule has 1 spiro atoms. The Morgan fingerprint density at radius 1 is 1.12 bits per heavy atom. The summed E-state index contributed by atoms with van der Waals surface area (Å²) in [4.78, 5) is 53.6. The largest absolute Gasteiger partial charge is 0.494 e. The Bertz CT molecular complexity index is 1200. The molecule has 1 atom stereocenters. The van der Waals surface area contributed by atoms with Gasteiger partial charge >= 0.3 is 6.03 Å². The van der Waals surface area contributed by atoms with Gasteiger partial charge in [0.2, 0.25) is 11.8 Å². The zero-order valence-corrected chi connectivity index (χ0v) is 18.9. The standard InChI is InChI=1S/C25H26N4O5/c1-34-20-14-17(10-11-19(20)28-13-5-9-22(28)31)26-21(30)15-29-23(32)25(27-24(29)33)12-4-7-16-6-2-3-8-18(16)25/h2-3,6,8,10-11,14H,4-5,7,9,12-13,15H2,1H3,(H,26,30)(H,27,33). The molecular weight excluding hydrogens is 436 g/mol. The first-order valence-electron chi connectivity index (χ1n) is 11.4. The molecule has 0 bridgehead atoms. The average Bonchev–Trinajstić information content (AvgIpc) is 3.36. The van der Waals surface area contributed by atoms with Crippen LogP contribution in [0.5, 0.6) is 5.75 Å². The van der Waals surface area contributed by atoms with Crippen LogP contribution in [0.25, 0.3) is 0 Å². The number of carbonyl (C=O) groups excluding carboxylic acids is 4. The van der Waals surface area contributed by atoms with Crippen LogP contribution >= 0.6 is 0 Å². The molecule has 9 heteroatoms. The number of imide groups is 1. The van der Waals surface area contributed by atoms with Gasteiger partial charge in [0.05, 0.1) is 12.8 Å². The number of rotatable bonds is 5. The van der Waals surface area contributed by atoms with E-state index in [0.29, 0.717) is 36.5 Å². The Kier molecular flexibility index (Phi) is 5.47. The number of methoxy groups -OCH3 is 1. The van der Waals surface area contributed by atoms with Crippen LogP contribution in [0.3, 0.4) is 0 Å². The number of carbonyl (C=O) groups is 4. The first-order chi connectivity index (χ1) is 16.4. The van der Waals surface area contributed by atoms with Crippen LogP contribution < -0.4 is 20.3 Å². The Morgan fingerprint density at radius 2 is 1.94 bits per heavy atom. The number of amides is 5. The predicted octanol–water partition coefficient (Wildman–Crippen LogP) is 2.54. The molecule has 2 N–H and O–H groups in total. The van der Waals surface area contributed by atoms with Crippen LogP contribution in [0, 0.1) is 0 Å². The molecule has 3 aliphatic rings. The molecule has 0 radical (unpaired) electrons. The molecule has 2 fully saturated rings. The van der Waals surface area contributed by atoms with Gasteiger partial charge in [-0.05, 0) is 48.9 Å². The van der Waals surface area contributed by atoms with Gasteiger partial charge in [0, 0.05) is 24.7 Å². The molecule has 0 saturated carbocycles. The normalized spacial score (nSPS) is 21.6. The molecule has 0 aromatic heterocycles. The van der Waals surface area contributed by atoms with Gasteiger partial charge in [0.1, 0.15) is 17.8 Å². The summed E-state index contributed by atoms with van der Waals surface area (Å²) in [6, 6.07) is 12.1. The van der Waals surface area contributed by atoms with E-state index < -0.39 is 29.9 Å². The molecule has 5 rings (SSSR count). The highest BCUT2D eigenvalue weighted by molar-refractivity contribution is 6.10. The summed E-state index contributed by atoms with van der Waals surface area (Å²) >= 11 is 0. The monoisotopic (exact) mass is 462 g/mol. The Morgan fingerprint density at radius 3 is 2.71 bits per heavy atom. The predicted molar refractivity (Wildman–Crippen MR) is 125 cm³/mol. The topological polar surface area (TPSA) is 108 Å². The number of urea groups is 1. The summed E-state index contributed by atoms with van der Waals surface area (Å²) < 4.78 is 5.43. The Balaban J connectivity index is 1.31. The number of ether oxygens (including phenoxy) is 1. The van der Waals surface area contributed by atoms with Gasteiger partial charge in [-0.3, -0.25) is 19.3 Å². The molecule has 176 valence electrons. The molecule has 1 aliphatic carbocycles. The van der Waals surface area contributed by atoms with E-state index in [1.165, 1.54) is 7.11 Å². The molecule has 2 aromatic rings. The first-order valence-corrected chi connectivity index (χ1v) is 11.4. The zero-order chi connectivity index (χ0) is 23.9. The minimum absolute atomic E-state index is 0.0341. The third kappa shape index (κ3) is 3.57. The fraction of sp³-hybridized carbons (Fsp3) is 0.360. The molecule has 2 heterocycles. The first kappa shape index (κ1) is 21.9. The van der Waals surface area contributed by atoms with E-state index in [0.717, 1.165) is 35.3 Å². The minimum Gasteiger partial charge on any atom is -0.494 e. The van der Waals surface area contributed by atoms with Crippen LogP contribution in [0.1, 0.15) is 36.8 Å². The van der Waals surface area contributed by atoms with Crippen molar-refractivity contribution < 1.29 is 23.9 Å². The summed E-state index contributed by atoms with van der Waals surface area (Å²) in [7, 11) is 1.50. The molecule has 5 amide bonds. The van der Waals surface area contributed by atoms with E-state index >= 15 is 0 Å². The number of benzene rings is 2. The number of nitrogens with zero attached hydrogens (tertiary/aromatic N) is 2. The molecule has 1 unspecified atom stereocenters. The lowest BCUT2D eigenvalue weighted by Crippen LogP contribution is -2.47. The van der Waals surface area contributed by atoms with Crippen molar-refractivity contribution in [3.8, 4) is 5.75 Å². The van der Waals surface area contributed by atoms with Crippen molar-refractivity contribution in [3.63, 3.8) is 0 Å². The number of anilines is 2. The van der Waals surface area contributed by atoms with Crippen LogP contribution in [-0.4, -0.2) is 48.9 Å². The number of aryl methyl sites for hydroxylation is 1. The maximum Gasteiger partial charge on any atom is 0.325 e. The van der Waals surface area contributed by atoms with Crippen molar-refractivity contribution >= 4 is 35.1 Å². The lowest BCUT2D eigenvalue weighted by molar-refractivity contribution is -0.134. The summed E-state index contributed by atoms with van der Waals surface area (Å²) in [5, 5.41) is 5.58. The molecule has 34 heavy (non-hydrogen) atoms. The molecule has 2 aliphatic heterocycles. The number of hydrogen-bond acceptors (Lipinski definition) is 5. The third-order valence-corrected chi connectivity index (χ3v) is 6.78. The number of fused-ring (bicyclic) bond motifs is 2. The molecule has 2 aromatic carbocycles. The highest BCUT2D eigenvalue weighted by Crippen LogP contribution is 2.40. The Hall–Kier alpha value is -3.88. The zero-order valence-electron chi connectivity index (χ0n) is 18.9. The van der Waals surface area contributed by atoms with E-state index in [-0.39, 0.29) is 5.91 Å². The lowest BCUT2D eigenvalue weighted by atomic mass is 9.76. The SMILES string of the molecule is COc1cc(NC(=O)CN2C(=O)NC3(CCCc4ccccc43)C2=O)ccc1N1CCCC1=O. The van der Waals surface area contributed by atoms with Gasteiger partial charge in [-0.15, -0.1) is 0 Å². The number of hydrogen-bond donors (Lipinski definition) is 2. The minimum atomic E-state index is -1.11. The summed E-state index contributed by atoms with van der Waals surface area (Å²) in [6.07, 6.45) is 3.41. The molecule has 9 nitrogen and oxygen atoms in total. The van der Waals surface area contributed by atoms with Crippen molar-refractivity contribution in [2.75, 3.05) is 30.4 Å². The second kappa shape index (κ2) is 8.48. The Labute approximate surface area is 197 Å². The van der Waals surface area contributed by atoms with E-state index in [4.69, 9.17) is 4.74 Å². The van der Waals surface area contributed by atoms with E-state index in [9.17, 15) is 19.2 Å². The van der Waals surface area contributed by atoms with Gasteiger partial charge in [0.25, 0.3) is 5.91 Å². The van der Waals surface area contributed by atoms with Crippen molar-refractivity contribution in [1.29, 1.82) is 0 Å². The maximum atomic E-state index is 13.4. The molecular formula is C25H26N4O5. The van der Waals surface area contributed by atoms with Crippen molar-refractivity contribution in [2.24, 2.45) is 0 Å². The van der Waals surface area contributed by atoms with Crippen molar-refractivity contribution in [2.45, 2.75) is 37.6 Å². The van der Waals surface area contributed by atoms with E-state index in [1.54, 1.807) is 23.1 Å². The highest BCUT2D eigenvalue weighted by Gasteiger charge is 2.54. The third-order valence-electron chi connectivity index (χ3n) is 6.78. The van der Waals surface area contributed by atoms with Crippen molar-refractivity contribution in [3.05, 3.63) is 53.6 Å². The quantitative estimate of drug-likeness (QED) is 0.664. The van der Waals surface area contributed by atoms with Crippen LogP contribution in [0.2, 0.25) is 0 Å². The second-order valence-electron chi connectivity index (χ2n) is 8.82. The van der Waals surface area contributed by atoms with Gasteiger partial charge in [-0.1, -0.05) is 24.3 Å². The summed E-state index contributed by atoms with van der Waals surface area (Å²) in [5.74, 6) is -0.412. The van der Waals surface area contributed by atoms with E-state index in [2.05, 4.69) is 10.6 Å². The van der Waals surface area contributed by atoms with Gasteiger partial charge in [-0.2, -0.15) is 0 Å². The fourth-order valence-electron chi connectivity index (χ4n) is 5.18. The number of nitrogens with one attached hydrogen (secondary N) is 2. The lowest BCUT2D eigenvalue weighted by Gasteiger charge is -2.33. The van der Waals surface area contributed by atoms with Crippen LogP contribution in [-0.2, 0) is 26.3 Å². The average molecular weight is 463 g/mol. The second-order valence-corrected chi connectivity index (χ2v) is 8.82. The van der Waals surface area contributed by atoms with Crippen LogP contribution in [0.4, 0.5) is 16.2 Å². The van der Waals surface area contributed by atoms with Crippen molar-refractivity contribution in [1.82, 2.24) is 10.2 Å². The van der Waals surface area contributed by atoms with E-state index in [1.807, 2.05) is 24.3 Å². The van der Waals surface area contributed by atoms with Crippen LogP contribution in [0.15, 0.2) is 42.5 Å². The maximum absolute atomic E-state index is 13.4. The summed E-state index contributed by atoms with van der Waals surface area (Å²) in [6.45, 7) is 0.223. The fourth-order valence-corrected chi connectivity index (χ4v) is 5.18. The smallest absolute Gasteiger partial charge is 0.325 e. The highest BCUT2D eigenvalue weighted by atomic mass is 16.5. The molecule has 2 saturated heterocycles. The van der Waals surface area contributed by atoms with Gasteiger partial charge < -0.3 is 20.3 Å². The van der Waals surface area contributed by atoms with Gasteiger partial charge in [0.15, 0.2) is 0 Å². The van der Waals surface area contributed by atoms with Gasteiger partial charge in [-0.25, -0.2) is 4.79 Å².